The highest BCUT2D eigenvalue weighted by molar-refractivity contribution is 7.99. The first-order valence-electron chi connectivity index (χ1n) is 9.04. The second kappa shape index (κ2) is 8.39. The van der Waals surface area contributed by atoms with Gasteiger partial charge >= 0.3 is 0 Å². The zero-order chi connectivity index (χ0) is 19.4. The Kier molecular flexibility index (Phi) is 5.96. The molecule has 0 saturated carbocycles. The van der Waals surface area contributed by atoms with E-state index in [1.807, 2.05) is 30.3 Å². The summed E-state index contributed by atoms with van der Waals surface area (Å²) in [5.41, 5.74) is 7.79. The van der Waals surface area contributed by atoms with Crippen LogP contribution in [-0.2, 0) is 4.79 Å². The zero-order valence-electron chi connectivity index (χ0n) is 15.5. The standard InChI is InChI=1S/C21H23N3O2S/c1-3-14(2)15-8-10-16(11-9-15)24-20(26)17-6-4-5-7-18(17)23-21(24)27-13-12-19(22)25/h4-11,14H,3,12-13H2,1-2H3,(H2,22,25)/t14-/m1/s1. The molecule has 0 spiro atoms. The zero-order valence-corrected chi connectivity index (χ0v) is 16.3. The monoisotopic (exact) mass is 381 g/mol. The van der Waals surface area contributed by atoms with E-state index in [1.165, 1.54) is 17.3 Å². The van der Waals surface area contributed by atoms with Crippen LogP contribution in [0.3, 0.4) is 0 Å². The Morgan fingerprint density at radius 3 is 2.56 bits per heavy atom. The van der Waals surface area contributed by atoms with Gasteiger partial charge in [-0.3, -0.25) is 14.2 Å². The lowest BCUT2D eigenvalue weighted by atomic mass is 9.98. The number of rotatable bonds is 7. The van der Waals surface area contributed by atoms with Gasteiger partial charge in [0.25, 0.3) is 5.56 Å². The summed E-state index contributed by atoms with van der Waals surface area (Å²) < 4.78 is 1.62. The van der Waals surface area contributed by atoms with Crippen LogP contribution in [0.1, 0.15) is 38.2 Å². The maximum absolute atomic E-state index is 13.1. The van der Waals surface area contributed by atoms with Crippen molar-refractivity contribution in [3.63, 3.8) is 0 Å². The second-order valence-electron chi connectivity index (χ2n) is 6.52. The quantitative estimate of drug-likeness (QED) is 0.498. The number of hydrogen-bond donors (Lipinski definition) is 1. The predicted octanol–water partition coefficient (Wildman–Crippen LogP) is 3.87. The van der Waals surface area contributed by atoms with Gasteiger partial charge in [-0.2, -0.15) is 0 Å². The molecule has 0 aliphatic carbocycles. The van der Waals surface area contributed by atoms with Gasteiger partial charge in [-0.05, 0) is 42.2 Å². The van der Waals surface area contributed by atoms with Gasteiger partial charge in [-0.1, -0.05) is 49.9 Å². The lowest BCUT2D eigenvalue weighted by Crippen LogP contribution is -2.22. The highest BCUT2D eigenvalue weighted by Gasteiger charge is 2.14. The highest BCUT2D eigenvalue weighted by atomic mass is 32.2. The number of fused-ring (bicyclic) bond motifs is 1. The molecule has 5 nitrogen and oxygen atoms in total. The Balaban J connectivity index is 2.09. The van der Waals surface area contributed by atoms with Crippen LogP contribution in [-0.4, -0.2) is 21.2 Å². The van der Waals surface area contributed by atoms with Crippen molar-refractivity contribution in [3.8, 4) is 5.69 Å². The average molecular weight is 382 g/mol. The number of carbonyl (C=O) groups excluding carboxylic acids is 1. The normalized spacial score (nSPS) is 12.2. The van der Waals surface area contributed by atoms with Crippen LogP contribution >= 0.6 is 11.8 Å². The van der Waals surface area contributed by atoms with Gasteiger partial charge in [-0.25, -0.2) is 4.98 Å². The first-order valence-corrected chi connectivity index (χ1v) is 10.0. The summed E-state index contributed by atoms with van der Waals surface area (Å²) >= 11 is 1.37. The van der Waals surface area contributed by atoms with Gasteiger partial charge in [0, 0.05) is 12.2 Å². The molecule has 0 aliphatic rings. The molecule has 140 valence electrons. The Bertz CT molecular complexity index is 1010. The third-order valence-corrected chi connectivity index (χ3v) is 5.60. The van der Waals surface area contributed by atoms with E-state index in [-0.39, 0.29) is 17.9 Å². The van der Waals surface area contributed by atoms with Crippen molar-refractivity contribution in [2.24, 2.45) is 5.73 Å². The Labute approximate surface area is 162 Å². The van der Waals surface area contributed by atoms with E-state index >= 15 is 0 Å². The lowest BCUT2D eigenvalue weighted by molar-refractivity contribution is -0.117. The van der Waals surface area contributed by atoms with Crippen molar-refractivity contribution in [2.45, 2.75) is 37.8 Å². The number of amides is 1. The summed E-state index contributed by atoms with van der Waals surface area (Å²) in [5.74, 6) is 0.579. The van der Waals surface area contributed by atoms with Crippen LogP contribution in [0.4, 0.5) is 0 Å². The van der Waals surface area contributed by atoms with Crippen molar-refractivity contribution >= 4 is 28.6 Å². The topological polar surface area (TPSA) is 78.0 Å². The predicted molar refractivity (Wildman–Crippen MR) is 111 cm³/mol. The van der Waals surface area contributed by atoms with Gasteiger partial charge in [0.1, 0.15) is 0 Å². The maximum Gasteiger partial charge on any atom is 0.266 e. The third-order valence-electron chi connectivity index (χ3n) is 4.66. The number of para-hydroxylation sites is 1. The Hall–Kier alpha value is -2.60. The molecule has 0 radical (unpaired) electrons. The molecule has 0 bridgehead atoms. The minimum atomic E-state index is -0.366. The number of nitrogens with zero attached hydrogens (tertiary/aromatic N) is 2. The van der Waals surface area contributed by atoms with Crippen LogP contribution in [0.15, 0.2) is 58.5 Å². The van der Waals surface area contributed by atoms with E-state index in [1.54, 1.807) is 10.6 Å². The van der Waals surface area contributed by atoms with Crippen LogP contribution in [0.5, 0.6) is 0 Å². The molecule has 6 heteroatoms. The summed E-state index contributed by atoms with van der Waals surface area (Å²) in [6, 6.07) is 15.3. The molecule has 2 aromatic carbocycles. The summed E-state index contributed by atoms with van der Waals surface area (Å²) in [6.45, 7) is 4.34. The van der Waals surface area contributed by atoms with Crippen molar-refractivity contribution < 1.29 is 4.79 Å². The summed E-state index contributed by atoms with van der Waals surface area (Å²) in [6.07, 6.45) is 1.30. The van der Waals surface area contributed by atoms with E-state index in [2.05, 4.69) is 31.0 Å². The number of thioether (sulfide) groups is 1. The highest BCUT2D eigenvalue weighted by Crippen LogP contribution is 2.24. The molecule has 1 amide bonds. The SMILES string of the molecule is CC[C@@H](C)c1ccc(-n2c(SCCC(N)=O)nc3ccccc3c2=O)cc1. The lowest BCUT2D eigenvalue weighted by Gasteiger charge is -2.15. The fourth-order valence-corrected chi connectivity index (χ4v) is 3.83. The largest absolute Gasteiger partial charge is 0.370 e. The minimum absolute atomic E-state index is 0.113. The summed E-state index contributed by atoms with van der Waals surface area (Å²) in [5, 5.41) is 1.14. The fraction of sp³-hybridized carbons (Fsp3) is 0.286. The molecule has 0 aliphatic heterocycles. The second-order valence-corrected chi connectivity index (χ2v) is 7.58. The van der Waals surface area contributed by atoms with Crippen molar-refractivity contribution in [2.75, 3.05) is 5.75 Å². The minimum Gasteiger partial charge on any atom is -0.370 e. The average Bonchev–Trinajstić information content (AvgIpc) is 2.67. The van der Waals surface area contributed by atoms with Crippen molar-refractivity contribution in [1.82, 2.24) is 9.55 Å². The molecular formula is C21H23N3O2S. The molecule has 0 unspecified atom stereocenters. The summed E-state index contributed by atoms with van der Waals surface area (Å²) in [4.78, 5) is 28.9. The number of hydrogen-bond acceptors (Lipinski definition) is 4. The molecule has 1 heterocycles. The Morgan fingerprint density at radius 2 is 1.89 bits per heavy atom. The first kappa shape index (κ1) is 19.2. The molecule has 1 aromatic heterocycles. The number of aromatic nitrogens is 2. The van der Waals surface area contributed by atoms with E-state index < -0.39 is 0 Å². The van der Waals surface area contributed by atoms with Crippen molar-refractivity contribution in [3.05, 3.63) is 64.4 Å². The number of benzene rings is 2. The Morgan fingerprint density at radius 1 is 1.19 bits per heavy atom. The fourth-order valence-electron chi connectivity index (χ4n) is 2.87. The smallest absolute Gasteiger partial charge is 0.266 e. The van der Waals surface area contributed by atoms with E-state index in [4.69, 9.17) is 5.73 Å². The van der Waals surface area contributed by atoms with Crippen LogP contribution in [0.25, 0.3) is 16.6 Å². The van der Waals surface area contributed by atoms with E-state index in [0.29, 0.717) is 27.7 Å². The third kappa shape index (κ3) is 4.22. The summed E-state index contributed by atoms with van der Waals surface area (Å²) in [7, 11) is 0. The molecule has 1 atom stereocenters. The number of carbonyl (C=O) groups is 1. The number of primary amides is 1. The van der Waals surface area contributed by atoms with Crippen LogP contribution in [0.2, 0.25) is 0 Å². The van der Waals surface area contributed by atoms with Gasteiger partial charge in [-0.15, -0.1) is 0 Å². The van der Waals surface area contributed by atoms with Gasteiger partial charge in [0.05, 0.1) is 16.6 Å². The molecule has 3 rings (SSSR count). The van der Waals surface area contributed by atoms with Crippen LogP contribution in [0, 0.1) is 0 Å². The van der Waals surface area contributed by atoms with Gasteiger partial charge < -0.3 is 5.73 Å². The number of nitrogens with two attached hydrogens (primary N) is 1. The molecule has 2 N–H and O–H groups in total. The van der Waals surface area contributed by atoms with E-state index in [9.17, 15) is 9.59 Å². The van der Waals surface area contributed by atoms with Gasteiger partial charge in [0.15, 0.2) is 5.16 Å². The molecule has 27 heavy (non-hydrogen) atoms. The molecular weight excluding hydrogens is 358 g/mol. The molecule has 0 saturated heterocycles. The first-order chi connectivity index (χ1) is 13.0. The molecule has 3 aromatic rings. The van der Waals surface area contributed by atoms with Gasteiger partial charge in [0.2, 0.25) is 5.91 Å². The van der Waals surface area contributed by atoms with E-state index in [0.717, 1.165) is 12.1 Å². The van der Waals surface area contributed by atoms with Crippen LogP contribution < -0.4 is 11.3 Å². The molecule has 0 fully saturated rings. The maximum atomic E-state index is 13.1. The van der Waals surface area contributed by atoms with Crippen molar-refractivity contribution in [1.29, 1.82) is 0 Å².